The predicted octanol–water partition coefficient (Wildman–Crippen LogP) is 0.713. The third-order valence-electron chi connectivity index (χ3n) is 3.69. The van der Waals surface area contributed by atoms with E-state index in [1.807, 2.05) is 0 Å². The molecule has 0 radical (unpaired) electrons. The van der Waals surface area contributed by atoms with Crippen molar-refractivity contribution in [3.05, 3.63) is 0 Å². The highest BCUT2D eigenvalue weighted by molar-refractivity contribution is 5.81. The molecule has 2 rings (SSSR count). The van der Waals surface area contributed by atoms with Crippen molar-refractivity contribution in [3.63, 3.8) is 0 Å². The van der Waals surface area contributed by atoms with Gasteiger partial charge in [0.2, 0.25) is 5.91 Å². The molecular formula is C13H25N3O. The SMILES string of the molecule is CC(C)C[C@@H](N)C(=O)NC1CCN(C2CC2)C1. The van der Waals surface area contributed by atoms with Crippen LogP contribution in [0.3, 0.4) is 0 Å². The Morgan fingerprint density at radius 3 is 2.71 bits per heavy atom. The van der Waals surface area contributed by atoms with Crippen LogP contribution in [0.15, 0.2) is 0 Å². The van der Waals surface area contributed by atoms with Gasteiger partial charge in [-0.05, 0) is 31.6 Å². The summed E-state index contributed by atoms with van der Waals surface area (Å²) in [7, 11) is 0. The Kier molecular flexibility index (Phi) is 4.05. The summed E-state index contributed by atoms with van der Waals surface area (Å²) in [4.78, 5) is 14.4. The molecule has 98 valence electrons. The van der Waals surface area contributed by atoms with E-state index in [0.29, 0.717) is 12.0 Å². The molecule has 0 bridgehead atoms. The van der Waals surface area contributed by atoms with E-state index < -0.39 is 0 Å². The molecular weight excluding hydrogens is 214 g/mol. The molecule has 0 spiro atoms. The van der Waals surface area contributed by atoms with Crippen molar-refractivity contribution in [2.45, 2.75) is 57.7 Å². The number of rotatable bonds is 5. The zero-order valence-electron chi connectivity index (χ0n) is 11.0. The molecule has 17 heavy (non-hydrogen) atoms. The number of carbonyl (C=O) groups excluding carboxylic acids is 1. The summed E-state index contributed by atoms with van der Waals surface area (Å²) in [5, 5.41) is 3.09. The van der Waals surface area contributed by atoms with E-state index in [-0.39, 0.29) is 11.9 Å². The van der Waals surface area contributed by atoms with Crippen LogP contribution in [0.1, 0.15) is 39.5 Å². The average Bonchev–Trinajstić information content (AvgIpc) is 2.99. The zero-order chi connectivity index (χ0) is 12.4. The minimum absolute atomic E-state index is 0.0290. The van der Waals surface area contributed by atoms with Crippen LogP contribution in [0.25, 0.3) is 0 Å². The molecule has 1 heterocycles. The minimum atomic E-state index is -0.343. The number of amides is 1. The second kappa shape index (κ2) is 5.36. The normalized spacial score (nSPS) is 27.4. The van der Waals surface area contributed by atoms with Crippen molar-refractivity contribution >= 4 is 5.91 Å². The highest BCUT2D eigenvalue weighted by Crippen LogP contribution is 2.29. The summed E-state index contributed by atoms with van der Waals surface area (Å²) in [5.74, 6) is 0.503. The van der Waals surface area contributed by atoms with E-state index in [9.17, 15) is 4.79 Å². The van der Waals surface area contributed by atoms with Gasteiger partial charge in [-0.3, -0.25) is 9.69 Å². The number of nitrogens with one attached hydrogen (secondary N) is 1. The zero-order valence-corrected chi connectivity index (χ0v) is 11.0. The molecule has 1 amide bonds. The lowest BCUT2D eigenvalue weighted by Crippen LogP contribution is -2.46. The Morgan fingerprint density at radius 1 is 1.41 bits per heavy atom. The van der Waals surface area contributed by atoms with E-state index in [1.54, 1.807) is 0 Å². The van der Waals surface area contributed by atoms with E-state index in [4.69, 9.17) is 5.73 Å². The highest BCUT2D eigenvalue weighted by atomic mass is 16.2. The van der Waals surface area contributed by atoms with Gasteiger partial charge in [-0.2, -0.15) is 0 Å². The number of nitrogens with zero attached hydrogens (tertiary/aromatic N) is 1. The van der Waals surface area contributed by atoms with Crippen molar-refractivity contribution in [2.24, 2.45) is 11.7 Å². The molecule has 1 saturated carbocycles. The smallest absolute Gasteiger partial charge is 0.237 e. The summed E-state index contributed by atoms with van der Waals surface area (Å²) >= 11 is 0. The van der Waals surface area contributed by atoms with E-state index >= 15 is 0 Å². The molecule has 1 aliphatic heterocycles. The van der Waals surface area contributed by atoms with Gasteiger partial charge in [0.25, 0.3) is 0 Å². The maximum absolute atomic E-state index is 11.9. The summed E-state index contributed by atoms with van der Waals surface area (Å²) in [5.41, 5.74) is 5.88. The van der Waals surface area contributed by atoms with Crippen molar-refractivity contribution < 1.29 is 4.79 Å². The fourth-order valence-electron chi connectivity index (χ4n) is 2.60. The second-order valence-corrected chi connectivity index (χ2v) is 5.96. The van der Waals surface area contributed by atoms with Crippen LogP contribution in [-0.2, 0) is 4.79 Å². The Balaban J connectivity index is 1.71. The Morgan fingerprint density at radius 2 is 2.12 bits per heavy atom. The quantitative estimate of drug-likeness (QED) is 0.743. The maximum Gasteiger partial charge on any atom is 0.237 e. The fourth-order valence-corrected chi connectivity index (χ4v) is 2.60. The molecule has 3 N–H and O–H groups in total. The van der Waals surface area contributed by atoms with Gasteiger partial charge in [-0.1, -0.05) is 13.8 Å². The van der Waals surface area contributed by atoms with E-state index in [0.717, 1.165) is 32.0 Å². The molecule has 1 saturated heterocycles. The van der Waals surface area contributed by atoms with Crippen LogP contribution >= 0.6 is 0 Å². The maximum atomic E-state index is 11.9. The molecule has 0 aromatic rings. The molecule has 1 aliphatic carbocycles. The third-order valence-corrected chi connectivity index (χ3v) is 3.69. The van der Waals surface area contributed by atoms with Crippen LogP contribution in [0, 0.1) is 5.92 Å². The largest absolute Gasteiger partial charge is 0.351 e. The first-order valence-electron chi connectivity index (χ1n) is 6.86. The lowest BCUT2D eigenvalue weighted by atomic mass is 10.0. The Labute approximate surface area is 104 Å². The van der Waals surface area contributed by atoms with Gasteiger partial charge in [0.15, 0.2) is 0 Å². The number of hydrogen-bond donors (Lipinski definition) is 2. The lowest BCUT2D eigenvalue weighted by molar-refractivity contribution is -0.123. The summed E-state index contributed by atoms with van der Waals surface area (Å²) in [6, 6.07) is 0.785. The monoisotopic (exact) mass is 239 g/mol. The van der Waals surface area contributed by atoms with E-state index in [2.05, 4.69) is 24.1 Å². The van der Waals surface area contributed by atoms with Gasteiger partial charge >= 0.3 is 0 Å². The van der Waals surface area contributed by atoms with Crippen LogP contribution in [0.5, 0.6) is 0 Å². The second-order valence-electron chi connectivity index (χ2n) is 5.96. The average molecular weight is 239 g/mol. The molecule has 2 fully saturated rings. The van der Waals surface area contributed by atoms with Crippen molar-refractivity contribution in [1.29, 1.82) is 0 Å². The molecule has 2 aliphatic rings. The van der Waals surface area contributed by atoms with Crippen molar-refractivity contribution in [3.8, 4) is 0 Å². The van der Waals surface area contributed by atoms with Crippen LogP contribution in [0.4, 0.5) is 0 Å². The third kappa shape index (κ3) is 3.68. The molecule has 0 aromatic carbocycles. The van der Waals surface area contributed by atoms with Gasteiger partial charge in [-0.15, -0.1) is 0 Å². The highest BCUT2D eigenvalue weighted by Gasteiger charge is 2.35. The Hall–Kier alpha value is -0.610. The summed E-state index contributed by atoms with van der Waals surface area (Å²) < 4.78 is 0. The van der Waals surface area contributed by atoms with Gasteiger partial charge < -0.3 is 11.1 Å². The number of nitrogens with two attached hydrogens (primary N) is 1. The molecule has 4 nitrogen and oxygen atoms in total. The molecule has 0 aromatic heterocycles. The molecule has 1 unspecified atom stereocenters. The number of carbonyl (C=O) groups is 1. The van der Waals surface area contributed by atoms with E-state index in [1.165, 1.54) is 12.8 Å². The van der Waals surface area contributed by atoms with Gasteiger partial charge in [0, 0.05) is 25.2 Å². The first-order valence-corrected chi connectivity index (χ1v) is 6.86. The summed E-state index contributed by atoms with van der Waals surface area (Å²) in [6.45, 7) is 6.34. The number of hydrogen-bond acceptors (Lipinski definition) is 3. The van der Waals surface area contributed by atoms with Crippen LogP contribution in [0.2, 0.25) is 0 Å². The fraction of sp³-hybridized carbons (Fsp3) is 0.923. The number of likely N-dealkylation sites (tertiary alicyclic amines) is 1. The van der Waals surface area contributed by atoms with Gasteiger partial charge in [0.05, 0.1) is 6.04 Å². The van der Waals surface area contributed by atoms with Gasteiger partial charge in [-0.25, -0.2) is 0 Å². The standard InChI is InChI=1S/C13H25N3O/c1-9(2)7-12(14)13(17)15-10-5-6-16(8-10)11-3-4-11/h9-12H,3-8,14H2,1-2H3,(H,15,17)/t10?,12-/m1/s1. The minimum Gasteiger partial charge on any atom is -0.351 e. The predicted molar refractivity (Wildman–Crippen MR) is 68.6 cm³/mol. The van der Waals surface area contributed by atoms with Crippen molar-refractivity contribution in [2.75, 3.05) is 13.1 Å². The Bertz CT molecular complexity index is 276. The first kappa shape index (κ1) is 12.8. The summed E-state index contributed by atoms with van der Waals surface area (Å²) in [6.07, 6.45) is 4.53. The topological polar surface area (TPSA) is 58.4 Å². The van der Waals surface area contributed by atoms with Crippen LogP contribution in [-0.4, -0.2) is 42.0 Å². The molecule has 2 atom stereocenters. The lowest BCUT2D eigenvalue weighted by Gasteiger charge is -2.19. The van der Waals surface area contributed by atoms with Gasteiger partial charge in [0.1, 0.15) is 0 Å². The van der Waals surface area contributed by atoms with Crippen LogP contribution < -0.4 is 11.1 Å². The molecule has 4 heteroatoms. The first-order chi connectivity index (χ1) is 8.06. The van der Waals surface area contributed by atoms with Crippen molar-refractivity contribution in [1.82, 2.24) is 10.2 Å².